The minimum atomic E-state index is -1.39. The Hall–Kier alpha value is 0.180. The van der Waals surface area contributed by atoms with Crippen molar-refractivity contribution in [2.45, 2.75) is 41.3 Å². The SMILES string of the molecule is CC(=O)OC1(Br)S[C@H](C)[C@@H](O)[C@H](O)[C@H]1O. The second kappa shape index (κ2) is 4.58. The van der Waals surface area contributed by atoms with Crippen molar-refractivity contribution in [3.8, 4) is 0 Å². The Morgan fingerprint density at radius 2 is 1.93 bits per heavy atom. The summed E-state index contributed by atoms with van der Waals surface area (Å²) in [4.78, 5) is 10.8. The van der Waals surface area contributed by atoms with Crippen LogP contribution in [0.5, 0.6) is 0 Å². The van der Waals surface area contributed by atoms with E-state index in [1.807, 2.05) is 0 Å². The van der Waals surface area contributed by atoms with Crippen LogP contribution in [0, 0.1) is 0 Å². The smallest absolute Gasteiger partial charge is 0.304 e. The Morgan fingerprint density at radius 1 is 1.40 bits per heavy atom. The molecule has 1 aliphatic rings. The fourth-order valence-electron chi connectivity index (χ4n) is 1.34. The Balaban J connectivity index is 2.85. The van der Waals surface area contributed by atoms with Gasteiger partial charge in [-0.25, -0.2) is 0 Å². The van der Waals surface area contributed by atoms with E-state index >= 15 is 0 Å². The number of esters is 1. The molecule has 0 spiro atoms. The molecular formula is C8H13BrO5S. The molecule has 5 atom stereocenters. The highest BCUT2D eigenvalue weighted by molar-refractivity contribution is 9.11. The van der Waals surface area contributed by atoms with Gasteiger partial charge in [0.25, 0.3) is 0 Å². The van der Waals surface area contributed by atoms with Gasteiger partial charge in [0.1, 0.15) is 12.2 Å². The van der Waals surface area contributed by atoms with Crippen molar-refractivity contribution in [3.63, 3.8) is 0 Å². The minimum Gasteiger partial charge on any atom is -0.435 e. The summed E-state index contributed by atoms with van der Waals surface area (Å²) < 4.78 is 3.51. The third-order valence-electron chi connectivity index (χ3n) is 2.14. The van der Waals surface area contributed by atoms with Gasteiger partial charge in [0.05, 0.1) is 6.10 Å². The topological polar surface area (TPSA) is 87.0 Å². The molecule has 15 heavy (non-hydrogen) atoms. The van der Waals surface area contributed by atoms with Gasteiger partial charge in [0.2, 0.25) is 3.84 Å². The zero-order valence-corrected chi connectivity index (χ0v) is 10.7. The third kappa shape index (κ3) is 2.65. The summed E-state index contributed by atoms with van der Waals surface area (Å²) in [5.41, 5.74) is 0. The summed E-state index contributed by atoms with van der Waals surface area (Å²) in [6, 6.07) is 0. The largest absolute Gasteiger partial charge is 0.435 e. The van der Waals surface area contributed by atoms with Gasteiger partial charge in [-0.05, 0) is 15.9 Å². The first kappa shape index (κ1) is 13.2. The van der Waals surface area contributed by atoms with E-state index < -0.39 is 28.1 Å². The monoisotopic (exact) mass is 300 g/mol. The second-order valence-corrected chi connectivity index (χ2v) is 6.71. The number of rotatable bonds is 1. The van der Waals surface area contributed by atoms with Crippen LogP contribution in [0.25, 0.3) is 0 Å². The molecule has 0 aliphatic carbocycles. The number of carbonyl (C=O) groups is 1. The van der Waals surface area contributed by atoms with E-state index in [2.05, 4.69) is 15.9 Å². The molecule has 1 aliphatic heterocycles. The molecular weight excluding hydrogens is 288 g/mol. The molecule has 7 heteroatoms. The van der Waals surface area contributed by atoms with Gasteiger partial charge in [0.15, 0.2) is 0 Å². The molecule has 1 unspecified atom stereocenters. The Bertz CT molecular complexity index is 263. The zero-order valence-electron chi connectivity index (χ0n) is 8.25. The summed E-state index contributed by atoms with van der Waals surface area (Å²) in [6.45, 7) is 2.88. The lowest BCUT2D eigenvalue weighted by atomic mass is 10.1. The highest BCUT2D eigenvalue weighted by Gasteiger charge is 2.52. The Kier molecular flexibility index (Phi) is 4.05. The first-order chi connectivity index (χ1) is 6.78. The van der Waals surface area contributed by atoms with Crippen LogP contribution in [0.1, 0.15) is 13.8 Å². The highest BCUT2D eigenvalue weighted by atomic mass is 79.9. The molecule has 1 rings (SSSR count). The van der Waals surface area contributed by atoms with Crippen LogP contribution in [0.15, 0.2) is 0 Å². The molecule has 5 nitrogen and oxygen atoms in total. The normalized spacial score (nSPS) is 46.3. The predicted octanol–water partition coefficient (Wildman–Crippen LogP) is -0.184. The number of ether oxygens (including phenoxy) is 1. The molecule has 1 heterocycles. The third-order valence-corrected chi connectivity index (χ3v) is 4.63. The molecule has 1 saturated heterocycles. The number of halogens is 1. The molecule has 88 valence electrons. The van der Waals surface area contributed by atoms with E-state index in [4.69, 9.17) is 4.74 Å². The molecule has 1 fully saturated rings. The summed E-state index contributed by atoms with van der Waals surface area (Å²) in [5.74, 6) is -0.575. The maximum Gasteiger partial charge on any atom is 0.304 e. The van der Waals surface area contributed by atoms with Gasteiger partial charge in [-0.3, -0.25) is 4.79 Å². The lowest BCUT2D eigenvalue weighted by molar-refractivity contribution is -0.157. The number of hydrogen-bond donors (Lipinski definition) is 3. The fraction of sp³-hybridized carbons (Fsp3) is 0.875. The summed E-state index contributed by atoms with van der Waals surface area (Å²) >= 11 is 4.12. The van der Waals surface area contributed by atoms with Crippen molar-refractivity contribution < 1.29 is 24.9 Å². The number of hydrogen-bond acceptors (Lipinski definition) is 6. The van der Waals surface area contributed by atoms with Crippen molar-refractivity contribution in [1.82, 2.24) is 0 Å². The molecule has 0 saturated carbocycles. The summed E-state index contributed by atoms with van der Waals surface area (Å²) in [5, 5.41) is 28.3. The second-order valence-electron chi connectivity index (χ2n) is 3.43. The van der Waals surface area contributed by atoms with Crippen LogP contribution < -0.4 is 0 Å². The average molecular weight is 301 g/mol. The number of carbonyl (C=O) groups excluding carboxylic acids is 1. The van der Waals surface area contributed by atoms with Gasteiger partial charge in [-0.1, -0.05) is 18.7 Å². The lowest BCUT2D eigenvalue weighted by Gasteiger charge is -2.43. The average Bonchev–Trinajstić information content (AvgIpc) is 2.10. The highest BCUT2D eigenvalue weighted by Crippen LogP contribution is 2.46. The van der Waals surface area contributed by atoms with Crippen molar-refractivity contribution >= 4 is 33.7 Å². The van der Waals surface area contributed by atoms with Gasteiger partial charge in [-0.2, -0.15) is 0 Å². The van der Waals surface area contributed by atoms with E-state index in [-0.39, 0.29) is 5.25 Å². The maximum atomic E-state index is 10.8. The molecule has 0 amide bonds. The van der Waals surface area contributed by atoms with E-state index in [0.29, 0.717) is 0 Å². The van der Waals surface area contributed by atoms with Crippen LogP contribution >= 0.6 is 27.7 Å². The Morgan fingerprint density at radius 3 is 2.40 bits per heavy atom. The lowest BCUT2D eigenvalue weighted by Crippen LogP contribution is -2.57. The van der Waals surface area contributed by atoms with Crippen LogP contribution in [0.3, 0.4) is 0 Å². The van der Waals surface area contributed by atoms with Crippen molar-refractivity contribution in [2.24, 2.45) is 0 Å². The molecule has 0 bridgehead atoms. The van der Waals surface area contributed by atoms with Gasteiger partial charge in [0, 0.05) is 12.2 Å². The summed E-state index contributed by atoms with van der Waals surface area (Å²) in [7, 11) is 0. The zero-order chi connectivity index (χ0) is 11.8. The molecule has 0 radical (unpaired) electrons. The number of aliphatic hydroxyl groups is 3. The number of thioether (sulfide) groups is 1. The predicted molar refractivity (Wildman–Crippen MR) is 58.5 cm³/mol. The van der Waals surface area contributed by atoms with Crippen molar-refractivity contribution in [2.75, 3.05) is 0 Å². The standard InChI is InChI=1S/C8H13BrO5S/c1-3-5(11)6(12)7(13)8(9,15-3)14-4(2)10/h3,5-7,11-13H,1-2H3/t3-,5-,6+,7-,8?/m1/s1. The van der Waals surface area contributed by atoms with E-state index in [1.165, 1.54) is 6.92 Å². The van der Waals surface area contributed by atoms with Gasteiger partial charge in [-0.15, -0.1) is 0 Å². The quantitative estimate of drug-likeness (QED) is 0.460. The van der Waals surface area contributed by atoms with Crippen LogP contribution in [0.4, 0.5) is 0 Å². The molecule has 0 aromatic heterocycles. The number of alkyl halides is 1. The van der Waals surface area contributed by atoms with Crippen LogP contribution in [-0.4, -0.2) is 48.7 Å². The van der Waals surface area contributed by atoms with Crippen LogP contribution in [0.2, 0.25) is 0 Å². The van der Waals surface area contributed by atoms with E-state index in [0.717, 1.165) is 11.8 Å². The van der Waals surface area contributed by atoms with E-state index in [1.54, 1.807) is 6.92 Å². The van der Waals surface area contributed by atoms with Gasteiger partial charge >= 0.3 is 5.97 Å². The van der Waals surface area contributed by atoms with Crippen molar-refractivity contribution in [3.05, 3.63) is 0 Å². The molecule has 0 aromatic rings. The Labute approximate surface area is 99.9 Å². The first-order valence-electron chi connectivity index (χ1n) is 4.38. The summed E-state index contributed by atoms with van der Waals surface area (Å²) in [6.07, 6.45) is -3.77. The first-order valence-corrected chi connectivity index (χ1v) is 6.05. The fourth-order valence-corrected chi connectivity index (χ4v) is 3.98. The minimum absolute atomic E-state index is 0.359. The number of aliphatic hydroxyl groups excluding tert-OH is 3. The molecule has 0 aromatic carbocycles. The maximum absolute atomic E-state index is 10.8. The van der Waals surface area contributed by atoms with Gasteiger partial charge < -0.3 is 20.1 Å². The molecule has 3 N–H and O–H groups in total. The van der Waals surface area contributed by atoms with Crippen LogP contribution in [-0.2, 0) is 9.53 Å². The van der Waals surface area contributed by atoms with E-state index in [9.17, 15) is 20.1 Å². The van der Waals surface area contributed by atoms with Crippen molar-refractivity contribution in [1.29, 1.82) is 0 Å².